The van der Waals surface area contributed by atoms with Crippen LogP contribution in [0.3, 0.4) is 0 Å². The number of pyridine rings is 1. The molecule has 1 atom stereocenters. The SMILES string of the molecule is CC(CNc1ccncc1N)CN1CCCCC1. The van der Waals surface area contributed by atoms with Gasteiger partial charge in [0.2, 0.25) is 0 Å². The molecular weight excluding hydrogens is 224 g/mol. The zero-order chi connectivity index (χ0) is 12.8. The molecule has 1 aliphatic heterocycles. The van der Waals surface area contributed by atoms with Crippen LogP contribution in [0.25, 0.3) is 0 Å². The molecule has 1 unspecified atom stereocenters. The molecule has 0 radical (unpaired) electrons. The average Bonchev–Trinajstić information content (AvgIpc) is 2.39. The van der Waals surface area contributed by atoms with E-state index in [9.17, 15) is 0 Å². The van der Waals surface area contributed by atoms with Crippen LogP contribution in [-0.4, -0.2) is 36.1 Å². The van der Waals surface area contributed by atoms with Crippen molar-refractivity contribution >= 4 is 11.4 Å². The zero-order valence-electron chi connectivity index (χ0n) is 11.2. The number of hydrogen-bond donors (Lipinski definition) is 2. The molecule has 1 aromatic rings. The third-order valence-corrected chi connectivity index (χ3v) is 3.51. The van der Waals surface area contributed by atoms with Crippen LogP contribution in [0.4, 0.5) is 11.4 Å². The number of hydrogen-bond acceptors (Lipinski definition) is 4. The van der Waals surface area contributed by atoms with Crippen LogP contribution < -0.4 is 11.1 Å². The van der Waals surface area contributed by atoms with E-state index in [0.717, 1.165) is 17.9 Å². The van der Waals surface area contributed by atoms with Gasteiger partial charge < -0.3 is 16.0 Å². The first kappa shape index (κ1) is 13.1. The Morgan fingerprint density at radius 1 is 1.39 bits per heavy atom. The summed E-state index contributed by atoms with van der Waals surface area (Å²) in [7, 11) is 0. The van der Waals surface area contributed by atoms with Crippen LogP contribution in [0.15, 0.2) is 18.5 Å². The van der Waals surface area contributed by atoms with Gasteiger partial charge >= 0.3 is 0 Å². The lowest BCUT2D eigenvalue weighted by atomic mass is 10.1. The zero-order valence-corrected chi connectivity index (χ0v) is 11.2. The number of nitrogens with two attached hydrogens (primary N) is 1. The number of rotatable bonds is 5. The molecule has 4 heteroatoms. The smallest absolute Gasteiger partial charge is 0.0736 e. The van der Waals surface area contributed by atoms with Crippen molar-refractivity contribution in [3.63, 3.8) is 0 Å². The summed E-state index contributed by atoms with van der Waals surface area (Å²) in [6, 6.07) is 1.93. The minimum Gasteiger partial charge on any atom is -0.396 e. The van der Waals surface area contributed by atoms with Crippen LogP contribution in [0, 0.1) is 5.92 Å². The van der Waals surface area contributed by atoms with Crippen molar-refractivity contribution in [1.82, 2.24) is 9.88 Å². The maximum Gasteiger partial charge on any atom is 0.0736 e. The molecule has 100 valence electrons. The summed E-state index contributed by atoms with van der Waals surface area (Å²) in [6.07, 6.45) is 7.58. The summed E-state index contributed by atoms with van der Waals surface area (Å²) in [4.78, 5) is 6.57. The van der Waals surface area contributed by atoms with Gasteiger partial charge in [0.25, 0.3) is 0 Å². The molecule has 0 amide bonds. The Morgan fingerprint density at radius 2 is 2.17 bits per heavy atom. The van der Waals surface area contributed by atoms with Crippen molar-refractivity contribution in [3.8, 4) is 0 Å². The Morgan fingerprint density at radius 3 is 2.89 bits per heavy atom. The molecule has 0 saturated carbocycles. The molecule has 4 nitrogen and oxygen atoms in total. The standard InChI is InChI=1S/C14H24N4/c1-12(11-18-7-3-2-4-8-18)9-17-14-5-6-16-10-13(14)15/h5-6,10,12H,2-4,7-9,11,15H2,1H3,(H,16,17). The van der Waals surface area contributed by atoms with E-state index in [1.165, 1.54) is 38.9 Å². The molecule has 0 aliphatic carbocycles. The maximum absolute atomic E-state index is 5.86. The lowest BCUT2D eigenvalue weighted by Crippen LogP contribution is -2.35. The predicted octanol–water partition coefficient (Wildman–Crippen LogP) is 2.20. The van der Waals surface area contributed by atoms with Gasteiger partial charge in [0, 0.05) is 19.3 Å². The minimum absolute atomic E-state index is 0.635. The summed E-state index contributed by atoms with van der Waals surface area (Å²) in [5.74, 6) is 0.635. The Balaban J connectivity index is 1.74. The molecular formula is C14H24N4. The highest BCUT2D eigenvalue weighted by Crippen LogP contribution is 2.16. The van der Waals surface area contributed by atoms with Gasteiger partial charge in [-0.1, -0.05) is 13.3 Å². The van der Waals surface area contributed by atoms with Crippen molar-refractivity contribution in [1.29, 1.82) is 0 Å². The molecule has 2 heterocycles. The molecule has 1 saturated heterocycles. The quantitative estimate of drug-likeness (QED) is 0.839. The Labute approximate surface area is 110 Å². The summed E-state index contributed by atoms with van der Waals surface area (Å²) in [6.45, 7) is 6.96. The molecule has 3 N–H and O–H groups in total. The Hall–Kier alpha value is -1.29. The second-order valence-electron chi connectivity index (χ2n) is 5.31. The maximum atomic E-state index is 5.86. The molecule has 0 bridgehead atoms. The summed E-state index contributed by atoms with van der Waals surface area (Å²) < 4.78 is 0. The van der Waals surface area contributed by atoms with E-state index >= 15 is 0 Å². The van der Waals surface area contributed by atoms with Gasteiger partial charge in [0.05, 0.1) is 17.6 Å². The fourth-order valence-electron chi connectivity index (χ4n) is 2.50. The lowest BCUT2D eigenvalue weighted by molar-refractivity contribution is 0.204. The third kappa shape index (κ3) is 3.88. The first-order valence-electron chi connectivity index (χ1n) is 6.91. The van der Waals surface area contributed by atoms with Gasteiger partial charge in [-0.05, 0) is 37.9 Å². The molecule has 18 heavy (non-hydrogen) atoms. The van der Waals surface area contributed by atoms with Gasteiger partial charge in [-0.25, -0.2) is 0 Å². The van der Waals surface area contributed by atoms with Crippen molar-refractivity contribution in [2.75, 3.05) is 37.2 Å². The number of aromatic nitrogens is 1. The monoisotopic (exact) mass is 248 g/mol. The molecule has 2 rings (SSSR count). The topological polar surface area (TPSA) is 54.2 Å². The third-order valence-electron chi connectivity index (χ3n) is 3.51. The van der Waals surface area contributed by atoms with Gasteiger partial charge in [-0.2, -0.15) is 0 Å². The number of likely N-dealkylation sites (tertiary alicyclic amines) is 1. The lowest BCUT2D eigenvalue weighted by Gasteiger charge is -2.29. The van der Waals surface area contributed by atoms with Gasteiger partial charge in [-0.3, -0.25) is 4.98 Å². The van der Waals surface area contributed by atoms with Crippen LogP contribution in [0.1, 0.15) is 26.2 Å². The van der Waals surface area contributed by atoms with E-state index < -0.39 is 0 Å². The summed E-state index contributed by atoms with van der Waals surface area (Å²) in [5.41, 5.74) is 7.58. The van der Waals surface area contributed by atoms with Crippen LogP contribution in [0.2, 0.25) is 0 Å². The number of anilines is 2. The number of nitrogen functional groups attached to an aromatic ring is 1. The minimum atomic E-state index is 0.635. The average molecular weight is 248 g/mol. The molecule has 1 aromatic heterocycles. The fraction of sp³-hybridized carbons (Fsp3) is 0.643. The van der Waals surface area contributed by atoms with E-state index in [1.807, 2.05) is 6.07 Å². The predicted molar refractivity (Wildman–Crippen MR) is 76.6 cm³/mol. The van der Waals surface area contributed by atoms with Crippen LogP contribution in [-0.2, 0) is 0 Å². The first-order chi connectivity index (χ1) is 8.75. The largest absolute Gasteiger partial charge is 0.396 e. The second kappa shape index (κ2) is 6.59. The molecule has 0 spiro atoms. The Bertz CT molecular complexity index is 361. The molecule has 1 fully saturated rings. The highest BCUT2D eigenvalue weighted by atomic mass is 15.1. The number of nitrogens with one attached hydrogen (secondary N) is 1. The fourth-order valence-corrected chi connectivity index (χ4v) is 2.50. The summed E-state index contributed by atoms with van der Waals surface area (Å²) in [5, 5.41) is 3.41. The highest BCUT2D eigenvalue weighted by molar-refractivity contribution is 5.64. The summed E-state index contributed by atoms with van der Waals surface area (Å²) >= 11 is 0. The van der Waals surface area contributed by atoms with Crippen molar-refractivity contribution < 1.29 is 0 Å². The van der Waals surface area contributed by atoms with E-state index in [1.54, 1.807) is 12.4 Å². The van der Waals surface area contributed by atoms with Crippen LogP contribution in [0.5, 0.6) is 0 Å². The van der Waals surface area contributed by atoms with Crippen molar-refractivity contribution in [3.05, 3.63) is 18.5 Å². The van der Waals surface area contributed by atoms with E-state index in [2.05, 4.69) is 22.1 Å². The number of nitrogens with zero attached hydrogens (tertiary/aromatic N) is 2. The van der Waals surface area contributed by atoms with Crippen LogP contribution >= 0.6 is 0 Å². The van der Waals surface area contributed by atoms with Crippen molar-refractivity contribution in [2.24, 2.45) is 5.92 Å². The Kier molecular flexibility index (Phi) is 4.81. The first-order valence-corrected chi connectivity index (χ1v) is 6.91. The van der Waals surface area contributed by atoms with Gasteiger partial charge in [0.15, 0.2) is 0 Å². The number of piperidine rings is 1. The van der Waals surface area contributed by atoms with E-state index in [4.69, 9.17) is 5.73 Å². The molecule has 0 aromatic carbocycles. The van der Waals surface area contributed by atoms with E-state index in [0.29, 0.717) is 5.92 Å². The van der Waals surface area contributed by atoms with E-state index in [-0.39, 0.29) is 0 Å². The molecule has 1 aliphatic rings. The van der Waals surface area contributed by atoms with Crippen molar-refractivity contribution in [2.45, 2.75) is 26.2 Å². The normalized spacial score (nSPS) is 18.5. The van der Waals surface area contributed by atoms with Gasteiger partial charge in [-0.15, -0.1) is 0 Å². The second-order valence-corrected chi connectivity index (χ2v) is 5.31. The highest BCUT2D eigenvalue weighted by Gasteiger charge is 2.13. The van der Waals surface area contributed by atoms with Gasteiger partial charge in [0.1, 0.15) is 0 Å².